The number of carbonyl (C=O) groups is 1. The predicted octanol–water partition coefficient (Wildman–Crippen LogP) is 1.05. The van der Waals surface area contributed by atoms with Crippen molar-refractivity contribution in [3.05, 3.63) is 30.9 Å². The van der Waals surface area contributed by atoms with Crippen LogP contribution >= 0.6 is 0 Å². The number of nitrogens with zero attached hydrogens (tertiary/aromatic N) is 3. The zero-order valence-corrected chi connectivity index (χ0v) is 10.8. The van der Waals surface area contributed by atoms with E-state index in [2.05, 4.69) is 15.3 Å². The quantitative estimate of drug-likeness (QED) is 0.840. The molecule has 0 bridgehead atoms. The average molecular weight is 259 g/mol. The molecule has 6 nitrogen and oxygen atoms in total. The molecule has 2 aromatic rings. The van der Waals surface area contributed by atoms with Gasteiger partial charge in [-0.2, -0.15) is 0 Å². The number of rotatable bonds is 5. The Labute approximate surface area is 111 Å². The van der Waals surface area contributed by atoms with Crippen LogP contribution in [0.15, 0.2) is 30.9 Å². The van der Waals surface area contributed by atoms with Gasteiger partial charge < -0.3 is 15.6 Å². The lowest BCUT2D eigenvalue weighted by molar-refractivity contribution is -0.121. The second-order valence-corrected chi connectivity index (χ2v) is 4.15. The Morgan fingerprint density at radius 2 is 2.26 bits per heavy atom. The van der Waals surface area contributed by atoms with E-state index in [1.165, 1.54) is 0 Å². The van der Waals surface area contributed by atoms with Crippen molar-refractivity contribution in [2.45, 2.75) is 19.9 Å². The number of anilines is 1. The van der Waals surface area contributed by atoms with Gasteiger partial charge in [-0.15, -0.1) is 0 Å². The van der Waals surface area contributed by atoms with Crippen LogP contribution in [0.5, 0.6) is 0 Å². The monoisotopic (exact) mass is 259 g/mol. The standard InChI is InChI=1S/C13H17N5O/c1-2-16-13(19)5-6-18-9-15-8-11(18)10-3-4-12(14)17-7-10/h3-4,7-9H,2,5-6H2,1H3,(H2,14,17)(H,16,19). The molecule has 19 heavy (non-hydrogen) atoms. The Morgan fingerprint density at radius 1 is 1.42 bits per heavy atom. The van der Waals surface area contributed by atoms with Crippen LogP contribution in [0.2, 0.25) is 0 Å². The summed E-state index contributed by atoms with van der Waals surface area (Å²) in [6, 6.07) is 3.64. The number of nitrogen functional groups attached to an aromatic ring is 1. The molecule has 0 aliphatic heterocycles. The lowest BCUT2D eigenvalue weighted by atomic mass is 10.2. The van der Waals surface area contributed by atoms with Crippen molar-refractivity contribution in [3.63, 3.8) is 0 Å². The maximum Gasteiger partial charge on any atom is 0.221 e. The first-order valence-electron chi connectivity index (χ1n) is 6.19. The molecule has 0 saturated carbocycles. The Bertz CT molecular complexity index is 546. The van der Waals surface area contributed by atoms with Crippen LogP contribution < -0.4 is 11.1 Å². The summed E-state index contributed by atoms with van der Waals surface area (Å²) in [6.45, 7) is 3.14. The molecule has 6 heteroatoms. The van der Waals surface area contributed by atoms with E-state index in [0.29, 0.717) is 25.3 Å². The number of hydrogen-bond acceptors (Lipinski definition) is 4. The molecule has 0 aliphatic rings. The summed E-state index contributed by atoms with van der Waals surface area (Å²) >= 11 is 0. The van der Waals surface area contributed by atoms with E-state index in [1.807, 2.05) is 17.6 Å². The van der Waals surface area contributed by atoms with Gasteiger partial charge in [0.15, 0.2) is 0 Å². The fourth-order valence-electron chi connectivity index (χ4n) is 1.80. The third-order valence-electron chi connectivity index (χ3n) is 2.75. The summed E-state index contributed by atoms with van der Waals surface area (Å²) in [5.74, 6) is 0.523. The SMILES string of the molecule is CCNC(=O)CCn1cncc1-c1ccc(N)nc1. The first kappa shape index (κ1) is 13.1. The largest absolute Gasteiger partial charge is 0.384 e. The van der Waals surface area contributed by atoms with Crippen molar-refractivity contribution in [2.75, 3.05) is 12.3 Å². The molecular formula is C13H17N5O. The molecule has 0 aromatic carbocycles. The fraction of sp³-hybridized carbons (Fsp3) is 0.308. The van der Waals surface area contributed by atoms with Crippen molar-refractivity contribution in [2.24, 2.45) is 0 Å². The Balaban J connectivity index is 2.09. The number of nitrogens with one attached hydrogen (secondary N) is 1. The highest BCUT2D eigenvalue weighted by atomic mass is 16.1. The van der Waals surface area contributed by atoms with Gasteiger partial charge >= 0.3 is 0 Å². The summed E-state index contributed by atoms with van der Waals surface area (Å²) in [7, 11) is 0. The van der Waals surface area contributed by atoms with Crippen LogP contribution in [0.3, 0.4) is 0 Å². The molecule has 0 spiro atoms. The highest BCUT2D eigenvalue weighted by Crippen LogP contribution is 2.18. The second kappa shape index (κ2) is 5.99. The maximum atomic E-state index is 11.5. The molecule has 0 unspecified atom stereocenters. The number of imidazole rings is 1. The summed E-state index contributed by atoms with van der Waals surface area (Å²) in [5, 5.41) is 2.77. The normalized spacial score (nSPS) is 10.4. The molecule has 2 rings (SSSR count). The number of nitrogens with two attached hydrogens (primary N) is 1. The summed E-state index contributed by atoms with van der Waals surface area (Å²) in [5.41, 5.74) is 7.42. The third-order valence-corrected chi connectivity index (χ3v) is 2.75. The third kappa shape index (κ3) is 3.31. The number of hydrogen-bond donors (Lipinski definition) is 2. The van der Waals surface area contributed by atoms with Crippen LogP contribution in [0.25, 0.3) is 11.3 Å². The van der Waals surface area contributed by atoms with Crippen LogP contribution in [0.1, 0.15) is 13.3 Å². The number of aromatic nitrogens is 3. The lowest BCUT2D eigenvalue weighted by Crippen LogP contribution is -2.23. The topological polar surface area (TPSA) is 85.8 Å². The molecule has 0 aliphatic carbocycles. The van der Waals surface area contributed by atoms with Gasteiger partial charge in [-0.05, 0) is 19.1 Å². The summed E-state index contributed by atoms with van der Waals surface area (Å²) in [4.78, 5) is 19.6. The van der Waals surface area contributed by atoms with E-state index in [9.17, 15) is 4.79 Å². The van der Waals surface area contributed by atoms with E-state index in [-0.39, 0.29) is 5.91 Å². The van der Waals surface area contributed by atoms with Crippen molar-refractivity contribution in [3.8, 4) is 11.3 Å². The molecule has 3 N–H and O–H groups in total. The number of aryl methyl sites for hydroxylation is 1. The van der Waals surface area contributed by atoms with Crippen LogP contribution in [0, 0.1) is 0 Å². The van der Waals surface area contributed by atoms with Crippen LogP contribution in [-0.4, -0.2) is 27.0 Å². The lowest BCUT2D eigenvalue weighted by Gasteiger charge is -2.08. The van der Waals surface area contributed by atoms with E-state index in [1.54, 1.807) is 24.8 Å². The maximum absolute atomic E-state index is 11.5. The Morgan fingerprint density at radius 3 is 2.95 bits per heavy atom. The smallest absolute Gasteiger partial charge is 0.221 e. The van der Waals surface area contributed by atoms with Crippen molar-refractivity contribution >= 4 is 11.7 Å². The molecule has 0 atom stereocenters. The van der Waals surface area contributed by atoms with Gasteiger partial charge in [-0.25, -0.2) is 9.97 Å². The average Bonchev–Trinajstić information content (AvgIpc) is 2.86. The fourth-order valence-corrected chi connectivity index (χ4v) is 1.80. The molecule has 0 saturated heterocycles. The molecular weight excluding hydrogens is 242 g/mol. The molecule has 2 heterocycles. The highest BCUT2D eigenvalue weighted by molar-refractivity contribution is 5.75. The van der Waals surface area contributed by atoms with Gasteiger partial charge in [0.05, 0.1) is 18.2 Å². The second-order valence-electron chi connectivity index (χ2n) is 4.15. The van der Waals surface area contributed by atoms with Gasteiger partial charge in [-0.1, -0.05) is 0 Å². The Hall–Kier alpha value is -2.37. The highest BCUT2D eigenvalue weighted by Gasteiger charge is 2.07. The van der Waals surface area contributed by atoms with E-state index >= 15 is 0 Å². The first-order valence-corrected chi connectivity index (χ1v) is 6.19. The van der Waals surface area contributed by atoms with E-state index in [0.717, 1.165) is 11.3 Å². The minimum atomic E-state index is 0.0394. The van der Waals surface area contributed by atoms with Crippen molar-refractivity contribution in [1.29, 1.82) is 0 Å². The zero-order chi connectivity index (χ0) is 13.7. The summed E-state index contributed by atoms with van der Waals surface area (Å²) in [6.07, 6.45) is 5.60. The minimum Gasteiger partial charge on any atom is -0.384 e. The van der Waals surface area contributed by atoms with Gasteiger partial charge in [0.2, 0.25) is 5.91 Å². The summed E-state index contributed by atoms with van der Waals surface area (Å²) < 4.78 is 1.93. The molecule has 1 amide bonds. The van der Waals surface area contributed by atoms with Gasteiger partial charge in [0.25, 0.3) is 0 Å². The molecule has 0 radical (unpaired) electrons. The minimum absolute atomic E-state index is 0.0394. The van der Waals surface area contributed by atoms with Crippen LogP contribution in [-0.2, 0) is 11.3 Å². The molecule has 2 aromatic heterocycles. The van der Waals surface area contributed by atoms with E-state index in [4.69, 9.17) is 5.73 Å². The molecule has 100 valence electrons. The van der Waals surface area contributed by atoms with Gasteiger partial charge in [-0.3, -0.25) is 4.79 Å². The zero-order valence-electron chi connectivity index (χ0n) is 10.8. The Kier molecular flexibility index (Phi) is 4.12. The van der Waals surface area contributed by atoms with Gasteiger partial charge in [0, 0.05) is 31.3 Å². The predicted molar refractivity (Wildman–Crippen MR) is 73.2 cm³/mol. The van der Waals surface area contributed by atoms with Crippen molar-refractivity contribution in [1.82, 2.24) is 19.9 Å². The molecule has 0 fully saturated rings. The number of carbonyl (C=O) groups excluding carboxylic acids is 1. The first-order chi connectivity index (χ1) is 9.20. The number of pyridine rings is 1. The van der Waals surface area contributed by atoms with Crippen molar-refractivity contribution < 1.29 is 4.79 Å². The van der Waals surface area contributed by atoms with Gasteiger partial charge in [0.1, 0.15) is 5.82 Å². The van der Waals surface area contributed by atoms with E-state index < -0.39 is 0 Å². The van der Waals surface area contributed by atoms with Crippen LogP contribution in [0.4, 0.5) is 5.82 Å². The number of amides is 1.